The number of benzene rings is 1. The topological polar surface area (TPSA) is 60.5 Å². The Kier molecular flexibility index (Phi) is 4.98. The van der Waals surface area contributed by atoms with Gasteiger partial charge in [0, 0.05) is 25.3 Å². The Morgan fingerprint density at radius 2 is 2.15 bits per heavy atom. The van der Waals surface area contributed by atoms with Gasteiger partial charge >= 0.3 is 0 Å². The molecule has 20 heavy (non-hydrogen) atoms. The van der Waals surface area contributed by atoms with E-state index >= 15 is 0 Å². The van der Waals surface area contributed by atoms with Crippen LogP contribution in [-0.4, -0.2) is 23.0 Å². The summed E-state index contributed by atoms with van der Waals surface area (Å²) in [7, 11) is 1.50. The Morgan fingerprint density at radius 3 is 2.75 bits per heavy atom. The van der Waals surface area contributed by atoms with Gasteiger partial charge in [-0.1, -0.05) is 39.6 Å². The number of aryl methyl sites for hydroxylation is 2. The van der Waals surface area contributed by atoms with Crippen LogP contribution in [0.1, 0.15) is 23.7 Å². The first kappa shape index (κ1) is 14.8. The Hall–Kier alpha value is -1.59. The van der Waals surface area contributed by atoms with Crippen molar-refractivity contribution in [3.63, 3.8) is 0 Å². The molecule has 0 unspecified atom stereocenters. The van der Waals surface area contributed by atoms with Crippen molar-refractivity contribution in [2.24, 2.45) is 5.16 Å². The molecule has 0 saturated carbocycles. The molecule has 0 saturated heterocycles. The Bertz CT molecular complexity index is 626. The van der Waals surface area contributed by atoms with Crippen molar-refractivity contribution in [2.75, 3.05) is 7.11 Å². The number of oxime groups is 1. The van der Waals surface area contributed by atoms with Gasteiger partial charge < -0.3 is 9.36 Å². The van der Waals surface area contributed by atoms with E-state index in [1.165, 1.54) is 7.11 Å². The molecule has 0 atom stereocenters. The summed E-state index contributed by atoms with van der Waals surface area (Å²) in [6.45, 7) is 1.75. The van der Waals surface area contributed by atoms with Crippen LogP contribution in [0.4, 0.5) is 0 Å². The van der Waals surface area contributed by atoms with Gasteiger partial charge in [-0.3, -0.25) is 0 Å². The summed E-state index contributed by atoms with van der Waals surface area (Å²) in [5.74, 6) is 1.17. The first-order chi connectivity index (χ1) is 9.60. The second-order valence-electron chi connectivity index (χ2n) is 4.08. The molecule has 5 nitrogen and oxygen atoms in total. The summed E-state index contributed by atoms with van der Waals surface area (Å²) in [6.07, 6.45) is 1.20. The van der Waals surface area contributed by atoms with Crippen molar-refractivity contribution in [1.82, 2.24) is 10.1 Å². The van der Waals surface area contributed by atoms with Crippen LogP contribution < -0.4 is 0 Å². The lowest BCUT2D eigenvalue weighted by atomic mass is 10.1. The monoisotopic (exact) mass is 313 g/mol. The molecule has 1 heterocycles. The summed E-state index contributed by atoms with van der Waals surface area (Å²) >= 11 is 11.9. The Labute approximate surface area is 126 Å². The molecule has 0 fully saturated rings. The average Bonchev–Trinajstić information content (AvgIpc) is 2.84. The van der Waals surface area contributed by atoms with Crippen molar-refractivity contribution in [3.8, 4) is 0 Å². The molecule has 106 valence electrons. The van der Waals surface area contributed by atoms with Crippen LogP contribution in [0.2, 0.25) is 10.0 Å². The lowest BCUT2D eigenvalue weighted by Gasteiger charge is -2.06. The molecule has 1 aromatic carbocycles. The van der Waals surface area contributed by atoms with Crippen LogP contribution in [-0.2, 0) is 11.3 Å². The highest BCUT2D eigenvalue weighted by Crippen LogP contribution is 2.23. The third kappa shape index (κ3) is 3.71. The third-order valence-electron chi connectivity index (χ3n) is 2.61. The van der Waals surface area contributed by atoms with Gasteiger partial charge in [0.1, 0.15) is 7.11 Å². The summed E-state index contributed by atoms with van der Waals surface area (Å²) in [5.41, 5.74) is 1.59. The van der Waals surface area contributed by atoms with Crippen LogP contribution in [0.25, 0.3) is 0 Å². The summed E-state index contributed by atoms with van der Waals surface area (Å²) < 4.78 is 4.93. The normalized spacial score (nSPS) is 11.7. The van der Waals surface area contributed by atoms with Gasteiger partial charge in [-0.05, 0) is 12.1 Å². The van der Waals surface area contributed by atoms with Gasteiger partial charge in [0.05, 0.1) is 15.8 Å². The number of halogens is 2. The summed E-state index contributed by atoms with van der Waals surface area (Å²) in [5, 5.41) is 8.84. The van der Waals surface area contributed by atoms with E-state index in [4.69, 9.17) is 32.6 Å². The zero-order valence-corrected chi connectivity index (χ0v) is 12.6. The largest absolute Gasteiger partial charge is 0.399 e. The first-order valence-electron chi connectivity index (χ1n) is 5.95. The molecule has 1 aromatic heterocycles. The number of hydrogen-bond donors (Lipinski definition) is 0. The number of aromatic nitrogens is 2. The molecule has 2 rings (SSSR count). The fourth-order valence-electron chi connectivity index (χ4n) is 1.70. The average molecular weight is 314 g/mol. The van der Waals surface area contributed by atoms with E-state index in [0.29, 0.717) is 34.6 Å². The van der Waals surface area contributed by atoms with Gasteiger partial charge in [0.2, 0.25) is 5.89 Å². The minimum atomic E-state index is 0.475. The van der Waals surface area contributed by atoms with E-state index in [1.54, 1.807) is 19.1 Å². The summed E-state index contributed by atoms with van der Waals surface area (Å²) in [6, 6.07) is 5.32. The van der Waals surface area contributed by atoms with E-state index in [1.807, 2.05) is 6.07 Å². The molecule has 0 aliphatic carbocycles. The second-order valence-corrected chi connectivity index (χ2v) is 4.89. The minimum absolute atomic E-state index is 0.475. The highest BCUT2D eigenvalue weighted by atomic mass is 35.5. The van der Waals surface area contributed by atoms with E-state index < -0.39 is 0 Å². The Balaban J connectivity index is 2.14. The fraction of sp³-hybridized carbons (Fsp3) is 0.308. The zero-order chi connectivity index (χ0) is 14.5. The minimum Gasteiger partial charge on any atom is -0.399 e. The second kappa shape index (κ2) is 6.72. The molecule has 0 aliphatic rings. The fourth-order valence-corrected chi connectivity index (χ4v) is 2.00. The summed E-state index contributed by atoms with van der Waals surface area (Å²) in [4.78, 5) is 9.02. The van der Waals surface area contributed by atoms with Crippen LogP contribution in [0.5, 0.6) is 0 Å². The maximum atomic E-state index is 6.01. The van der Waals surface area contributed by atoms with Crippen LogP contribution in [0, 0.1) is 6.92 Å². The molecular weight excluding hydrogens is 301 g/mol. The molecular formula is C13H13Cl2N3O2. The van der Waals surface area contributed by atoms with E-state index in [2.05, 4.69) is 15.3 Å². The van der Waals surface area contributed by atoms with E-state index in [0.717, 1.165) is 11.3 Å². The number of rotatable bonds is 5. The lowest BCUT2D eigenvalue weighted by Crippen LogP contribution is -2.05. The standard InChI is InChI=1S/C13H13Cl2N3O2/c1-8-16-13(18-20-8)6-5-12(17-19-2)9-3-4-10(14)11(15)7-9/h3-4,7H,5-6H2,1-2H3/b17-12-. The molecule has 0 bridgehead atoms. The SMILES string of the molecule is CO/N=C(/CCc1noc(C)n1)c1ccc(Cl)c(Cl)c1. The van der Waals surface area contributed by atoms with Crippen LogP contribution >= 0.6 is 23.2 Å². The van der Waals surface area contributed by atoms with Crippen LogP contribution in [0.3, 0.4) is 0 Å². The molecule has 0 aliphatic heterocycles. The first-order valence-corrected chi connectivity index (χ1v) is 6.70. The molecule has 0 amide bonds. The predicted molar refractivity (Wildman–Crippen MR) is 77.4 cm³/mol. The van der Waals surface area contributed by atoms with Crippen molar-refractivity contribution >= 4 is 28.9 Å². The van der Waals surface area contributed by atoms with Crippen molar-refractivity contribution in [1.29, 1.82) is 0 Å². The van der Waals surface area contributed by atoms with Crippen LogP contribution in [0.15, 0.2) is 27.9 Å². The highest BCUT2D eigenvalue weighted by Gasteiger charge is 2.10. The predicted octanol–water partition coefficient (Wildman–Crippen LogP) is 3.67. The van der Waals surface area contributed by atoms with Crippen molar-refractivity contribution in [3.05, 3.63) is 45.5 Å². The highest BCUT2D eigenvalue weighted by molar-refractivity contribution is 6.42. The van der Waals surface area contributed by atoms with Gasteiger partial charge in [-0.25, -0.2) is 0 Å². The van der Waals surface area contributed by atoms with Gasteiger partial charge in [-0.2, -0.15) is 4.98 Å². The van der Waals surface area contributed by atoms with E-state index in [-0.39, 0.29) is 0 Å². The van der Waals surface area contributed by atoms with Gasteiger partial charge in [0.15, 0.2) is 5.82 Å². The zero-order valence-electron chi connectivity index (χ0n) is 11.1. The smallest absolute Gasteiger partial charge is 0.223 e. The lowest BCUT2D eigenvalue weighted by molar-refractivity contribution is 0.213. The van der Waals surface area contributed by atoms with Gasteiger partial charge in [-0.15, -0.1) is 0 Å². The van der Waals surface area contributed by atoms with Gasteiger partial charge in [0.25, 0.3) is 0 Å². The molecule has 0 N–H and O–H groups in total. The quantitative estimate of drug-likeness (QED) is 0.624. The van der Waals surface area contributed by atoms with E-state index in [9.17, 15) is 0 Å². The maximum absolute atomic E-state index is 6.01. The third-order valence-corrected chi connectivity index (χ3v) is 3.35. The van der Waals surface area contributed by atoms with Crippen molar-refractivity contribution in [2.45, 2.75) is 19.8 Å². The molecule has 7 heteroatoms. The maximum Gasteiger partial charge on any atom is 0.223 e. The number of hydrogen-bond acceptors (Lipinski definition) is 5. The molecule has 0 radical (unpaired) electrons. The number of nitrogens with zero attached hydrogens (tertiary/aromatic N) is 3. The molecule has 2 aromatic rings. The molecule has 0 spiro atoms. The van der Waals surface area contributed by atoms with Crippen molar-refractivity contribution < 1.29 is 9.36 Å². The Morgan fingerprint density at radius 1 is 1.35 bits per heavy atom.